The molecule has 0 fully saturated rings. The molecule has 0 atom stereocenters. The first-order chi connectivity index (χ1) is 9.74. The Morgan fingerprint density at radius 2 is 1.67 bits per heavy atom. The normalized spacial score (nSPS) is 10.8. The molecule has 0 saturated carbocycles. The van der Waals surface area contributed by atoms with Crippen LogP contribution in [0.2, 0.25) is 0 Å². The van der Waals surface area contributed by atoms with Crippen molar-refractivity contribution in [3.8, 4) is 0 Å². The van der Waals surface area contributed by atoms with Gasteiger partial charge in [0.05, 0.1) is 6.54 Å². The molecular formula is C16H19FIN3. The Morgan fingerprint density at radius 1 is 1.00 bits per heavy atom. The Hall–Kier alpha value is -1.63. The highest BCUT2D eigenvalue weighted by Gasteiger charge is 1.95. The number of aliphatic imine (C=N–C) groups is 1. The van der Waals surface area contributed by atoms with Crippen molar-refractivity contribution < 1.29 is 4.39 Å². The van der Waals surface area contributed by atoms with Crippen LogP contribution in [-0.2, 0) is 13.0 Å². The molecule has 3 nitrogen and oxygen atoms in total. The van der Waals surface area contributed by atoms with Crippen LogP contribution in [0.4, 0.5) is 4.39 Å². The van der Waals surface area contributed by atoms with Gasteiger partial charge in [0.25, 0.3) is 0 Å². The summed E-state index contributed by atoms with van der Waals surface area (Å²) in [5, 5.41) is 3.07. The van der Waals surface area contributed by atoms with Gasteiger partial charge >= 0.3 is 0 Å². The monoisotopic (exact) mass is 399 g/mol. The molecule has 2 aromatic carbocycles. The molecular weight excluding hydrogens is 380 g/mol. The molecule has 0 aromatic heterocycles. The van der Waals surface area contributed by atoms with Crippen molar-refractivity contribution in [3.63, 3.8) is 0 Å². The van der Waals surface area contributed by atoms with Gasteiger partial charge in [-0.2, -0.15) is 0 Å². The standard InChI is InChI=1S/C16H18FN3.HI/c17-15-8-6-14(7-9-15)12-20-16(18)19-11-10-13-4-2-1-3-5-13;/h1-9H,10-12H2,(H3,18,19,20);1H. The minimum atomic E-state index is -0.244. The predicted octanol–water partition coefficient (Wildman–Crippen LogP) is 3.09. The Morgan fingerprint density at radius 3 is 2.33 bits per heavy atom. The molecule has 0 spiro atoms. The SMILES string of the molecule is I.NC(=NCc1ccc(F)cc1)NCCc1ccccc1. The van der Waals surface area contributed by atoms with Crippen LogP contribution in [0.15, 0.2) is 59.6 Å². The zero-order valence-corrected chi connectivity index (χ0v) is 14.0. The molecule has 0 bridgehead atoms. The van der Waals surface area contributed by atoms with E-state index in [9.17, 15) is 4.39 Å². The minimum Gasteiger partial charge on any atom is -0.370 e. The number of halogens is 2. The lowest BCUT2D eigenvalue weighted by atomic mass is 10.1. The Bertz CT molecular complexity index is 555. The van der Waals surface area contributed by atoms with Crippen molar-refractivity contribution in [2.75, 3.05) is 6.54 Å². The highest BCUT2D eigenvalue weighted by molar-refractivity contribution is 14.0. The fraction of sp³-hybridized carbons (Fsp3) is 0.188. The summed E-state index contributed by atoms with van der Waals surface area (Å²) in [6.45, 7) is 1.19. The average molecular weight is 399 g/mol. The number of nitrogens with two attached hydrogens (primary N) is 1. The quantitative estimate of drug-likeness (QED) is 0.461. The van der Waals surface area contributed by atoms with Gasteiger partial charge in [-0.3, -0.25) is 0 Å². The summed E-state index contributed by atoms with van der Waals surface area (Å²) in [4.78, 5) is 4.22. The Balaban J connectivity index is 0.00000220. The van der Waals surface area contributed by atoms with Gasteiger partial charge in [0.15, 0.2) is 5.96 Å². The summed E-state index contributed by atoms with van der Waals surface area (Å²) in [7, 11) is 0. The van der Waals surface area contributed by atoms with Crippen molar-refractivity contribution in [1.82, 2.24) is 5.32 Å². The number of nitrogens with one attached hydrogen (secondary N) is 1. The van der Waals surface area contributed by atoms with E-state index in [1.165, 1.54) is 17.7 Å². The Kier molecular flexibility index (Phi) is 7.74. The van der Waals surface area contributed by atoms with Gasteiger partial charge in [-0.05, 0) is 29.7 Å². The van der Waals surface area contributed by atoms with Crippen LogP contribution in [0, 0.1) is 5.82 Å². The summed E-state index contributed by atoms with van der Waals surface area (Å²) in [6.07, 6.45) is 0.896. The van der Waals surface area contributed by atoms with Crippen LogP contribution in [0.5, 0.6) is 0 Å². The molecule has 0 amide bonds. The molecule has 0 radical (unpaired) electrons. The lowest BCUT2D eigenvalue weighted by Gasteiger charge is -2.05. The van der Waals surface area contributed by atoms with Crippen LogP contribution >= 0.6 is 24.0 Å². The zero-order chi connectivity index (χ0) is 14.2. The van der Waals surface area contributed by atoms with Gasteiger partial charge in [-0.1, -0.05) is 42.5 Å². The maximum absolute atomic E-state index is 12.7. The fourth-order valence-electron chi connectivity index (χ4n) is 1.80. The first-order valence-corrected chi connectivity index (χ1v) is 6.56. The molecule has 2 rings (SSSR count). The third kappa shape index (κ3) is 6.57. The molecule has 2 aromatic rings. The number of guanidine groups is 1. The highest BCUT2D eigenvalue weighted by atomic mass is 127. The highest BCUT2D eigenvalue weighted by Crippen LogP contribution is 2.03. The van der Waals surface area contributed by atoms with Crippen LogP contribution in [0.3, 0.4) is 0 Å². The molecule has 21 heavy (non-hydrogen) atoms. The van der Waals surface area contributed by atoms with E-state index in [0.717, 1.165) is 18.5 Å². The molecule has 0 aliphatic heterocycles. The zero-order valence-electron chi connectivity index (χ0n) is 11.6. The minimum absolute atomic E-state index is 0. The second-order valence-corrected chi connectivity index (χ2v) is 4.49. The fourth-order valence-corrected chi connectivity index (χ4v) is 1.80. The van der Waals surface area contributed by atoms with Crippen molar-refractivity contribution >= 4 is 29.9 Å². The van der Waals surface area contributed by atoms with Crippen LogP contribution in [0.1, 0.15) is 11.1 Å². The second-order valence-electron chi connectivity index (χ2n) is 4.49. The molecule has 5 heteroatoms. The van der Waals surface area contributed by atoms with E-state index >= 15 is 0 Å². The van der Waals surface area contributed by atoms with E-state index in [1.54, 1.807) is 12.1 Å². The number of hydrogen-bond donors (Lipinski definition) is 2. The van der Waals surface area contributed by atoms with E-state index in [1.807, 2.05) is 18.2 Å². The van der Waals surface area contributed by atoms with E-state index in [2.05, 4.69) is 22.4 Å². The maximum Gasteiger partial charge on any atom is 0.188 e. The van der Waals surface area contributed by atoms with E-state index in [4.69, 9.17) is 5.73 Å². The second kappa shape index (κ2) is 9.33. The molecule has 0 aliphatic carbocycles. The maximum atomic E-state index is 12.7. The first kappa shape index (κ1) is 17.4. The number of nitrogens with zero attached hydrogens (tertiary/aromatic N) is 1. The lowest BCUT2D eigenvalue weighted by molar-refractivity contribution is 0.627. The van der Waals surface area contributed by atoms with Crippen LogP contribution in [0.25, 0.3) is 0 Å². The van der Waals surface area contributed by atoms with Gasteiger partial charge < -0.3 is 11.1 Å². The average Bonchev–Trinajstić information content (AvgIpc) is 2.48. The summed E-state index contributed by atoms with van der Waals surface area (Å²) in [6, 6.07) is 16.4. The van der Waals surface area contributed by atoms with Crippen molar-refractivity contribution in [1.29, 1.82) is 0 Å². The predicted molar refractivity (Wildman–Crippen MR) is 95.3 cm³/mol. The summed E-state index contributed by atoms with van der Waals surface area (Å²) >= 11 is 0. The summed E-state index contributed by atoms with van der Waals surface area (Å²) in [5.41, 5.74) is 7.97. The van der Waals surface area contributed by atoms with Crippen LogP contribution < -0.4 is 11.1 Å². The van der Waals surface area contributed by atoms with E-state index in [0.29, 0.717) is 12.5 Å². The summed E-state index contributed by atoms with van der Waals surface area (Å²) in [5.74, 6) is 0.164. The molecule has 0 saturated heterocycles. The lowest BCUT2D eigenvalue weighted by Crippen LogP contribution is -2.33. The topological polar surface area (TPSA) is 50.4 Å². The number of hydrogen-bond acceptors (Lipinski definition) is 1. The van der Waals surface area contributed by atoms with Crippen LogP contribution in [-0.4, -0.2) is 12.5 Å². The van der Waals surface area contributed by atoms with Crippen molar-refractivity contribution in [2.45, 2.75) is 13.0 Å². The molecule has 0 heterocycles. The van der Waals surface area contributed by atoms with Gasteiger partial charge in [0.1, 0.15) is 5.82 Å². The molecule has 0 unspecified atom stereocenters. The van der Waals surface area contributed by atoms with Gasteiger partial charge in [-0.15, -0.1) is 24.0 Å². The largest absolute Gasteiger partial charge is 0.370 e. The third-order valence-corrected chi connectivity index (χ3v) is 2.91. The van der Waals surface area contributed by atoms with Gasteiger partial charge in [0, 0.05) is 6.54 Å². The molecule has 3 N–H and O–H groups in total. The van der Waals surface area contributed by atoms with Crippen molar-refractivity contribution in [2.24, 2.45) is 10.7 Å². The number of benzene rings is 2. The van der Waals surface area contributed by atoms with Gasteiger partial charge in [0.2, 0.25) is 0 Å². The Labute approximate surface area is 141 Å². The van der Waals surface area contributed by atoms with E-state index in [-0.39, 0.29) is 29.8 Å². The van der Waals surface area contributed by atoms with E-state index < -0.39 is 0 Å². The third-order valence-electron chi connectivity index (χ3n) is 2.91. The van der Waals surface area contributed by atoms with Crippen molar-refractivity contribution in [3.05, 3.63) is 71.5 Å². The number of rotatable bonds is 5. The smallest absolute Gasteiger partial charge is 0.188 e. The molecule has 0 aliphatic rings. The van der Waals surface area contributed by atoms with Gasteiger partial charge in [-0.25, -0.2) is 9.38 Å². The summed E-state index contributed by atoms with van der Waals surface area (Å²) < 4.78 is 12.7. The molecule has 112 valence electrons. The first-order valence-electron chi connectivity index (χ1n) is 6.56.